The third-order valence-corrected chi connectivity index (χ3v) is 12.1. The molecule has 0 spiro atoms. The van der Waals surface area contributed by atoms with Crippen LogP contribution in [0.25, 0.3) is 111 Å². The topological polar surface area (TPSA) is 48.5 Å². The second-order valence-corrected chi connectivity index (χ2v) is 15.7. The van der Waals surface area contributed by atoms with Crippen molar-refractivity contribution in [1.29, 1.82) is 0 Å². The van der Waals surface area contributed by atoms with Crippen LogP contribution in [0.15, 0.2) is 225 Å². The Labute approximate surface area is 358 Å². The molecular formula is C57H37N5. The van der Waals surface area contributed by atoms with Gasteiger partial charge in [-0.25, -0.2) is 15.0 Å². The fraction of sp³-hybridized carbons (Fsp3) is 0. The van der Waals surface area contributed by atoms with E-state index in [1.54, 1.807) is 6.33 Å². The molecule has 0 radical (unpaired) electrons. The molecule has 0 bridgehead atoms. The Bertz CT molecular complexity index is 3600. The Morgan fingerprint density at radius 1 is 0.258 bits per heavy atom. The highest BCUT2D eigenvalue weighted by molar-refractivity contribution is 6.12. The molecule has 290 valence electrons. The molecule has 0 fully saturated rings. The number of fused-ring (bicyclic) bond motifs is 6. The Morgan fingerprint density at radius 3 is 1.27 bits per heavy atom. The lowest BCUT2D eigenvalue weighted by Gasteiger charge is -2.10. The molecule has 0 atom stereocenters. The van der Waals surface area contributed by atoms with Gasteiger partial charge in [-0.2, -0.15) is 0 Å². The summed E-state index contributed by atoms with van der Waals surface area (Å²) in [5.41, 5.74) is 15.9. The van der Waals surface area contributed by atoms with Crippen LogP contribution in [0.5, 0.6) is 0 Å². The smallest absolute Gasteiger partial charge is 0.163 e. The normalized spacial score (nSPS) is 11.5. The first-order chi connectivity index (χ1) is 30.7. The van der Waals surface area contributed by atoms with Crippen LogP contribution >= 0.6 is 0 Å². The van der Waals surface area contributed by atoms with Gasteiger partial charge in [0, 0.05) is 44.0 Å². The van der Waals surface area contributed by atoms with Gasteiger partial charge in [0.2, 0.25) is 0 Å². The molecular weight excluding hydrogens is 755 g/mol. The molecule has 5 nitrogen and oxygen atoms in total. The largest absolute Gasteiger partial charge is 0.309 e. The molecule has 9 aromatic carbocycles. The van der Waals surface area contributed by atoms with E-state index in [0.29, 0.717) is 11.6 Å². The molecule has 0 saturated carbocycles. The zero-order valence-electron chi connectivity index (χ0n) is 33.6. The van der Waals surface area contributed by atoms with E-state index in [9.17, 15) is 0 Å². The standard InChI is InChI=1S/C57H37N5/c1-3-12-38(13-4-1)39-22-24-40(25-23-39)42-14-11-15-45(34-42)57-59-37-58-56(60-57)41-26-30-47(31-27-41)62-53-21-10-8-19-49(53)51-36-44(29-33-55(51)62)43-28-32-54-50(35-43)48-18-7-9-20-52(48)61(54)46-16-5-2-6-17-46/h1-37H. The lowest BCUT2D eigenvalue weighted by atomic mass is 9.99. The minimum Gasteiger partial charge on any atom is -0.309 e. The second kappa shape index (κ2) is 14.7. The SMILES string of the molecule is c1ccc(-c2ccc(-c3cccc(-c4ncnc(-c5ccc(-n6c7ccccc7c7cc(-c8ccc9c(c8)c8ccccc8n9-c8ccccc8)ccc76)cc5)n4)c3)cc2)cc1. The fourth-order valence-corrected chi connectivity index (χ4v) is 9.10. The van der Waals surface area contributed by atoms with Gasteiger partial charge in [-0.05, 0) is 112 Å². The molecule has 0 saturated heterocycles. The maximum absolute atomic E-state index is 4.95. The highest BCUT2D eigenvalue weighted by Crippen LogP contribution is 2.38. The first-order valence-corrected chi connectivity index (χ1v) is 20.9. The molecule has 3 aromatic heterocycles. The summed E-state index contributed by atoms with van der Waals surface area (Å²) in [6.07, 6.45) is 1.61. The summed E-state index contributed by atoms with van der Waals surface area (Å²) in [6.45, 7) is 0. The maximum atomic E-state index is 4.95. The van der Waals surface area contributed by atoms with Crippen molar-refractivity contribution in [2.45, 2.75) is 0 Å². The van der Waals surface area contributed by atoms with Crippen LogP contribution in [-0.4, -0.2) is 24.1 Å². The van der Waals surface area contributed by atoms with Crippen molar-refractivity contribution in [2.75, 3.05) is 0 Å². The van der Waals surface area contributed by atoms with E-state index in [1.807, 2.05) is 6.07 Å². The van der Waals surface area contributed by atoms with Crippen LogP contribution in [0.3, 0.4) is 0 Å². The van der Waals surface area contributed by atoms with Gasteiger partial charge in [0.1, 0.15) is 6.33 Å². The van der Waals surface area contributed by atoms with E-state index >= 15 is 0 Å². The lowest BCUT2D eigenvalue weighted by molar-refractivity contribution is 1.06. The first kappa shape index (κ1) is 35.5. The van der Waals surface area contributed by atoms with Crippen molar-refractivity contribution in [2.24, 2.45) is 0 Å². The van der Waals surface area contributed by atoms with Gasteiger partial charge >= 0.3 is 0 Å². The number of hydrogen-bond donors (Lipinski definition) is 0. The van der Waals surface area contributed by atoms with E-state index in [0.717, 1.165) is 44.7 Å². The van der Waals surface area contributed by atoms with Gasteiger partial charge in [-0.1, -0.05) is 140 Å². The predicted octanol–water partition coefficient (Wildman–Crippen LogP) is 14.4. The van der Waals surface area contributed by atoms with Crippen LogP contribution in [0.1, 0.15) is 0 Å². The Kier molecular flexibility index (Phi) is 8.42. The molecule has 0 aliphatic rings. The van der Waals surface area contributed by atoms with E-state index < -0.39 is 0 Å². The van der Waals surface area contributed by atoms with Crippen LogP contribution in [0.2, 0.25) is 0 Å². The molecule has 0 unspecified atom stereocenters. The van der Waals surface area contributed by atoms with Crippen molar-refractivity contribution < 1.29 is 0 Å². The Balaban J connectivity index is 0.866. The minimum absolute atomic E-state index is 0.634. The first-order valence-electron chi connectivity index (χ1n) is 20.9. The average molecular weight is 792 g/mol. The fourth-order valence-electron chi connectivity index (χ4n) is 9.10. The second-order valence-electron chi connectivity index (χ2n) is 15.7. The van der Waals surface area contributed by atoms with Crippen molar-refractivity contribution in [3.8, 4) is 67.5 Å². The van der Waals surface area contributed by atoms with Gasteiger partial charge in [0.05, 0.1) is 22.1 Å². The van der Waals surface area contributed by atoms with E-state index in [4.69, 9.17) is 4.98 Å². The molecule has 0 N–H and O–H groups in total. The molecule has 12 aromatic rings. The van der Waals surface area contributed by atoms with E-state index in [2.05, 4.69) is 231 Å². The molecule has 12 rings (SSSR count). The van der Waals surface area contributed by atoms with Crippen LogP contribution in [0, 0.1) is 0 Å². The summed E-state index contributed by atoms with van der Waals surface area (Å²) in [4.78, 5) is 14.2. The van der Waals surface area contributed by atoms with E-state index in [-0.39, 0.29) is 0 Å². The van der Waals surface area contributed by atoms with Crippen LogP contribution in [-0.2, 0) is 0 Å². The van der Waals surface area contributed by atoms with Gasteiger partial charge in [-0.15, -0.1) is 0 Å². The summed E-state index contributed by atoms with van der Waals surface area (Å²) >= 11 is 0. The molecule has 3 heterocycles. The Hall–Kier alpha value is -8.41. The number of nitrogens with zero attached hydrogens (tertiary/aromatic N) is 5. The third kappa shape index (κ3) is 6.06. The summed E-state index contributed by atoms with van der Waals surface area (Å²) in [7, 11) is 0. The maximum Gasteiger partial charge on any atom is 0.163 e. The quantitative estimate of drug-likeness (QED) is 0.162. The van der Waals surface area contributed by atoms with Gasteiger partial charge in [-0.3, -0.25) is 0 Å². The van der Waals surface area contributed by atoms with Crippen molar-refractivity contribution >= 4 is 43.6 Å². The zero-order valence-corrected chi connectivity index (χ0v) is 33.6. The van der Waals surface area contributed by atoms with Crippen LogP contribution in [0.4, 0.5) is 0 Å². The molecule has 5 heteroatoms. The summed E-state index contributed by atoms with van der Waals surface area (Å²) in [6, 6.07) is 77.8. The van der Waals surface area contributed by atoms with Gasteiger partial charge in [0.25, 0.3) is 0 Å². The average Bonchev–Trinajstić information content (AvgIpc) is 3.87. The molecule has 0 amide bonds. The van der Waals surface area contributed by atoms with Gasteiger partial charge < -0.3 is 9.13 Å². The number of para-hydroxylation sites is 3. The molecule has 0 aliphatic heterocycles. The number of rotatable bonds is 7. The Morgan fingerprint density at radius 2 is 0.661 bits per heavy atom. The molecule has 0 aliphatic carbocycles. The van der Waals surface area contributed by atoms with Gasteiger partial charge in [0.15, 0.2) is 11.6 Å². The summed E-state index contributed by atoms with van der Waals surface area (Å²) in [5, 5.41) is 4.92. The highest BCUT2D eigenvalue weighted by Gasteiger charge is 2.17. The predicted molar refractivity (Wildman–Crippen MR) is 256 cm³/mol. The van der Waals surface area contributed by atoms with Crippen LogP contribution < -0.4 is 0 Å². The minimum atomic E-state index is 0.634. The number of hydrogen-bond acceptors (Lipinski definition) is 3. The number of aromatic nitrogens is 5. The van der Waals surface area contributed by atoms with Crippen molar-refractivity contribution in [3.63, 3.8) is 0 Å². The van der Waals surface area contributed by atoms with E-state index in [1.165, 1.54) is 54.8 Å². The monoisotopic (exact) mass is 791 g/mol. The zero-order chi connectivity index (χ0) is 41.0. The lowest BCUT2D eigenvalue weighted by Crippen LogP contribution is -1.97. The summed E-state index contributed by atoms with van der Waals surface area (Å²) in [5.74, 6) is 1.27. The number of benzene rings is 9. The third-order valence-electron chi connectivity index (χ3n) is 12.1. The van der Waals surface area contributed by atoms with Crippen molar-refractivity contribution in [3.05, 3.63) is 225 Å². The van der Waals surface area contributed by atoms with Crippen molar-refractivity contribution in [1.82, 2.24) is 24.1 Å². The molecule has 62 heavy (non-hydrogen) atoms. The summed E-state index contributed by atoms with van der Waals surface area (Å²) < 4.78 is 4.72. The highest BCUT2D eigenvalue weighted by atomic mass is 15.0.